The predicted octanol–water partition coefficient (Wildman–Crippen LogP) is 2.92. The molecule has 0 aliphatic heterocycles. The first-order valence-corrected chi connectivity index (χ1v) is 6.02. The maximum atomic E-state index is 5.82. The molecule has 1 saturated carbocycles. The van der Waals surface area contributed by atoms with Gasteiger partial charge in [0.1, 0.15) is 18.0 Å². The lowest BCUT2D eigenvalue weighted by atomic mass is 9.91. The van der Waals surface area contributed by atoms with Gasteiger partial charge in [0.05, 0.1) is 0 Å². The van der Waals surface area contributed by atoms with Crippen molar-refractivity contribution in [1.29, 1.82) is 0 Å². The number of benzene rings is 1. The van der Waals surface area contributed by atoms with Crippen molar-refractivity contribution in [3.05, 3.63) is 29.8 Å². The van der Waals surface area contributed by atoms with Crippen LogP contribution in [0, 0.1) is 6.92 Å². The smallest absolute Gasteiger partial charge is 0.127 e. The van der Waals surface area contributed by atoms with Gasteiger partial charge >= 0.3 is 0 Å². The van der Waals surface area contributed by atoms with Crippen molar-refractivity contribution in [1.82, 2.24) is 0 Å². The van der Waals surface area contributed by atoms with E-state index in [0.29, 0.717) is 4.83 Å². The molecule has 3 unspecified atom stereocenters. The third kappa shape index (κ3) is 2.34. The van der Waals surface area contributed by atoms with E-state index >= 15 is 0 Å². The minimum Gasteiger partial charge on any atom is -0.488 e. The van der Waals surface area contributed by atoms with Crippen molar-refractivity contribution in [3.8, 4) is 5.75 Å². The standard InChI is InChI=1S/C12H15BrO2/c1-8-3-5-9(6-4-8)15-11-7-10(13)12(11)14-2/h3-6,10-12H,7H2,1-2H3. The van der Waals surface area contributed by atoms with Gasteiger partial charge in [-0.1, -0.05) is 33.6 Å². The Kier molecular flexibility index (Phi) is 3.32. The Morgan fingerprint density at radius 3 is 2.47 bits per heavy atom. The van der Waals surface area contributed by atoms with E-state index in [1.165, 1.54) is 5.56 Å². The zero-order valence-corrected chi connectivity index (χ0v) is 10.5. The van der Waals surface area contributed by atoms with Crippen LogP contribution in [0.5, 0.6) is 5.75 Å². The first kappa shape index (κ1) is 11.0. The summed E-state index contributed by atoms with van der Waals surface area (Å²) in [6.07, 6.45) is 1.36. The van der Waals surface area contributed by atoms with E-state index in [-0.39, 0.29) is 12.2 Å². The first-order valence-electron chi connectivity index (χ1n) is 5.11. The molecular formula is C12H15BrO2. The molecule has 0 bridgehead atoms. The fourth-order valence-corrected chi connectivity index (χ4v) is 2.66. The molecule has 82 valence electrons. The van der Waals surface area contributed by atoms with Gasteiger partial charge in [-0.3, -0.25) is 0 Å². The summed E-state index contributed by atoms with van der Waals surface area (Å²) >= 11 is 3.55. The lowest BCUT2D eigenvalue weighted by molar-refractivity contribution is -0.0544. The third-order valence-electron chi connectivity index (χ3n) is 2.76. The van der Waals surface area contributed by atoms with Crippen LogP contribution in [-0.4, -0.2) is 24.1 Å². The van der Waals surface area contributed by atoms with Crippen molar-refractivity contribution < 1.29 is 9.47 Å². The van der Waals surface area contributed by atoms with Crippen molar-refractivity contribution >= 4 is 15.9 Å². The van der Waals surface area contributed by atoms with Crippen molar-refractivity contribution in [2.75, 3.05) is 7.11 Å². The molecule has 2 rings (SSSR count). The lowest BCUT2D eigenvalue weighted by Gasteiger charge is -2.40. The monoisotopic (exact) mass is 270 g/mol. The van der Waals surface area contributed by atoms with Gasteiger partial charge in [-0.15, -0.1) is 0 Å². The molecule has 0 N–H and O–H groups in total. The lowest BCUT2D eigenvalue weighted by Crippen LogP contribution is -2.51. The fraction of sp³-hybridized carbons (Fsp3) is 0.500. The van der Waals surface area contributed by atoms with Crippen LogP contribution in [0.15, 0.2) is 24.3 Å². The molecule has 0 heterocycles. The molecule has 1 fully saturated rings. The Morgan fingerprint density at radius 1 is 1.27 bits per heavy atom. The predicted molar refractivity (Wildman–Crippen MR) is 63.7 cm³/mol. The van der Waals surface area contributed by atoms with Crippen LogP contribution >= 0.6 is 15.9 Å². The minimum absolute atomic E-state index is 0.173. The van der Waals surface area contributed by atoms with Gasteiger partial charge in [0.25, 0.3) is 0 Å². The van der Waals surface area contributed by atoms with Crippen molar-refractivity contribution in [3.63, 3.8) is 0 Å². The third-order valence-corrected chi connectivity index (χ3v) is 3.66. The Hall–Kier alpha value is -0.540. The molecular weight excluding hydrogens is 256 g/mol. The van der Waals surface area contributed by atoms with Crippen LogP contribution < -0.4 is 4.74 Å². The summed E-state index contributed by atoms with van der Waals surface area (Å²) in [5.74, 6) is 0.923. The molecule has 1 aliphatic carbocycles. The van der Waals surface area contributed by atoms with E-state index in [0.717, 1.165) is 12.2 Å². The largest absolute Gasteiger partial charge is 0.488 e. The summed E-state index contributed by atoms with van der Waals surface area (Å²) in [5.41, 5.74) is 1.25. The highest BCUT2D eigenvalue weighted by Gasteiger charge is 2.41. The topological polar surface area (TPSA) is 18.5 Å². The highest BCUT2D eigenvalue weighted by molar-refractivity contribution is 9.09. The number of ether oxygens (including phenoxy) is 2. The quantitative estimate of drug-likeness (QED) is 0.787. The zero-order valence-electron chi connectivity index (χ0n) is 8.94. The Bertz CT molecular complexity index is 323. The summed E-state index contributed by atoms with van der Waals surface area (Å²) < 4.78 is 11.2. The second kappa shape index (κ2) is 4.54. The van der Waals surface area contributed by atoms with Crippen LogP contribution in [0.3, 0.4) is 0 Å². The van der Waals surface area contributed by atoms with Gasteiger partial charge in [0.2, 0.25) is 0 Å². The van der Waals surface area contributed by atoms with Crippen LogP contribution in [0.25, 0.3) is 0 Å². The number of hydrogen-bond acceptors (Lipinski definition) is 2. The van der Waals surface area contributed by atoms with Crippen LogP contribution in [0.2, 0.25) is 0 Å². The van der Waals surface area contributed by atoms with E-state index in [9.17, 15) is 0 Å². The van der Waals surface area contributed by atoms with Crippen molar-refractivity contribution in [2.24, 2.45) is 0 Å². The van der Waals surface area contributed by atoms with Crippen molar-refractivity contribution in [2.45, 2.75) is 30.4 Å². The van der Waals surface area contributed by atoms with E-state index in [1.807, 2.05) is 12.1 Å². The summed E-state index contributed by atoms with van der Waals surface area (Å²) in [7, 11) is 1.73. The Morgan fingerprint density at radius 2 is 1.93 bits per heavy atom. The highest BCUT2D eigenvalue weighted by atomic mass is 79.9. The Balaban J connectivity index is 1.95. The molecule has 0 aromatic heterocycles. The second-order valence-electron chi connectivity index (χ2n) is 3.92. The fourth-order valence-electron chi connectivity index (χ4n) is 1.73. The maximum absolute atomic E-state index is 5.82. The number of aryl methyl sites for hydroxylation is 1. The number of hydrogen-bond donors (Lipinski definition) is 0. The van der Waals surface area contributed by atoms with Crippen LogP contribution in [-0.2, 0) is 4.74 Å². The number of methoxy groups -OCH3 is 1. The average molecular weight is 271 g/mol. The molecule has 0 radical (unpaired) electrons. The van der Waals surface area contributed by atoms with Gasteiger partial charge in [0.15, 0.2) is 0 Å². The van der Waals surface area contributed by atoms with Gasteiger partial charge in [0, 0.05) is 18.4 Å². The van der Waals surface area contributed by atoms with E-state index in [2.05, 4.69) is 35.0 Å². The maximum Gasteiger partial charge on any atom is 0.127 e. The number of halogens is 1. The van der Waals surface area contributed by atoms with Crippen LogP contribution in [0.1, 0.15) is 12.0 Å². The number of alkyl halides is 1. The minimum atomic E-state index is 0.173. The zero-order chi connectivity index (χ0) is 10.8. The summed E-state index contributed by atoms with van der Waals surface area (Å²) in [5, 5.41) is 0. The highest BCUT2D eigenvalue weighted by Crippen LogP contribution is 2.33. The van der Waals surface area contributed by atoms with E-state index < -0.39 is 0 Å². The van der Waals surface area contributed by atoms with Gasteiger partial charge < -0.3 is 9.47 Å². The molecule has 1 aliphatic rings. The molecule has 2 nitrogen and oxygen atoms in total. The molecule has 0 saturated heterocycles. The van der Waals surface area contributed by atoms with E-state index in [4.69, 9.17) is 9.47 Å². The van der Waals surface area contributed by atoms with Gasteiger partial charge in [-0.25, -0.2) is 0 Å². The molecule has 1 aromatic rings. The SMILES string of the molecule is COC1C(Br)CC1Oc1ccc(C)cc1. The normalized spacial score (nSPS) is 29.7. The Labute approximate surface area is 98.7 Å². The summed E-state index contributed by atoms with van der Waals surface area (Å²) in [6.45, 7) is 2.07. The van der Waals surface area contributed by atoms with Gasteiger partial charge in [-0.2, -0.15) is 0 Å². The van der Waals surface area contributed by atoms with E-state index in [1.54, 1.807) is 7.11 Å². The number of rotatable bonds is 3. The molecule has 3 heteroatoms. The second-order valence-corrected chi connectivity index (χ2v) is 5.10. The summed E-state index contributed by atoms with van der Waals surface area (Å²) in [4.78, 5) is 0.429. The summed E-state index contributed by atoms with van der Waals surface area (Å²) in [6, 6.07) is 8.12. The molecule has 3 atom stereocenters. The first-order chi connectivity index (χ1) is 7.20. The molecule has 0 amide bonds. The molecule has 0 spiro atoms. The molecule has 15 heavy (non-hydrogen) atoms. The molecule has 1 aromatic carbocycles. The average Bonchev–Trinajstić information content (AvgIpc) is 2.21. The van der Waals surface area contributed by atoms with Crippen LogP contribution in [0.4, 0.5) is 0 Å². The van der Waals surface area contributed by atoms with Gasteiger partial charge in [-0.05, 0) is 19.1 Å².